The number of benzene rings is 2. The molecule has 0 unspecified atom stereocenters. The summed E-state index contributed by atoms with van der Waals surface area (Å²) in [5.41, 5.74) is 2.29. The first-order chi connectivity index (χ1) is 12.2. The Hall–Kier alpha value is -2.49. The van der Waals surface area contributed by atoms with Crippen LogP contribution in [0.4, 0.5) is 5.69 Å². The van der Waals surface area contributed by atoms with Gasteiger partial charge in [-0.05, 0) is 50.1 Å². The molecule has 0 aliphatic carbocycles. The van der Waals surface area contributed by atoms with Crippen LogP contribution in [0.3, 0.4) is 0 Å². The normalized spacial score (nSPS) is 11.6. The number of nitrogens with zero attached hydrogens (tertiary/aromatic N) is 1. The molecule has 0 saturated heterocycles. The molecule has 4 nitrogen and oxygen atoms in total. The molecule has 2 rings (SSSR count). The lowest BCUT2D eigenvalue weighted by Gasteiger charge is -2.21. The second-order valence-corrected chi connectivity index (χ2v) is 5.88. The zero-order valence-electron chi connectivity index (χ0n) is 15.4. The quantitative estimate of drug-likeness (QED) is 0.750. The smallest absolute Gasteiger partial charge is 0.261 e. The molecule has 0 fully saturated rings. The molecule has 0 aromatic heterocycles. The van der Waals surface area contributed by atoms with Crippen LogP contribution in [0.5, 0.6) is 5.75 Å². The van der Waals surface area contributed by atoms with E-state index >= 15 is 0 Å². The van der Waals surface area contributed by atoms with E-state index in [1.54, 1.807) is 0 Å². The van der Waals surface area contributed by atoms with Gasteiger partial charge in [0.25, 0.3) is 5.91 Å². The number of ether oxygens (including phenoxy) is 1. The largest absolute Gasteiger partial charge is 0.481 e. The van der Waals surface area contributed by atoms with Gasteiger partial charge in [0.15, 0.2) is 6.10 Å². The highest BCUT2D eigenvalue weighted by Gasteiger charge is 2.17. The predicted molar refractivity (Wildman–Crippen MR) is 103 cm³/mol. The third kappa shape index (κ3) is 5.52. The first-order valence-corrected chi connectivity index (χ1v) is 9.01. The van der Waals surface area contributed by atoms with Crippen LogP contribution < -0.4 is 15.0 Å². The third-order valence-corrected chi connectivity index (χ3v) is 4.22. The average Bonchev–Trinajstić information content (AvgIpc) is 2.67. The Morgan fingerprint density at radius 1 is 1.00 bits per heavy atom. The van der Waals surface area contributed by atoms with Crippen LogP contribution in [0.25, 0.3) is 0 Å². The SMILES string of the molecule is CC[C@@H](Oc1ccccc1)C(=O)NCc1ccc(N(CC)CC)cc1. The monoisotopic (exact) mass is 340 g/mol. The third-order valence-electron chi connectivity index (χ3n) is 4.22. The summed E-state index contributed by atoms with van der Waals surface area (Å²) in [6, 6.07) is 17.8. The Balaban J connectivity index is 1.89. The molecule has 1 atom stereocenters. The fourth-order valence-electron chi connectivity index (χ4n) is 2.70. The van der Waals surface area contributed by atoms with Gasteiger partial charge >= 0.3 is 0 Å². The number of carbonyl (C=O) groups excluding carboxylic acids is 1. The summed E-state index contributed by atoms with van der Waals surface area (Å²) in [5, 5.41) is 2.97. The minimum Gasteiger partial charge on any atom is -0.481 e. The van der Waals surface area contributed by atoms with Crippen molar-refractivity contribution >= 4 is 11.6 Å². The van der Waals surface area contributed by atoms with Crippen molar-refractivity contribution < 1.29 is 9.53 Å². The number of hydrogen-bond acceptors (Lipinski definition) is 3. The highest BCUT2D eigenvalue weighted by Crippen LogP contribution is 2.15. The van der Waals surface area contributed by atoms with Crippen LogP contribution in [0.1, 0.15) is 32.8 Å². The van der Waals surface area contributed by atoms with Gasteiger partial charge in [0.05, 0.1) is 0 Å². The summed E-state index contributed by atoms with van der Waals surface area (Å²) in [7, 11) is 0. The van der Waals surface area contributed by atoms with Gasteiger partial charge in [-0.15, -0.1) is 0 Å². The number of hydrogen-bond donors (Lipinski definition) is 1. The van der Waals surface area contributed by atoms with Crippen molar-refractivity contribution in [3.05, 3.63) is 60.2 Å². The molecule has 25 heavy (non-hydrogen) atoms. The van der Waals surface area contributed by atoms with Crippen molar-refractivity contribution in [3.8, 4) is 5.75 Å². The number of anilines is 1. The minimum absolute atomic E-state index is 0.0841. The number of nitrogens with one attached hydrogen (secondary N) is 1. The van der Waals surface area contributed by atoms with Gasteiger partial charge < -0.3 is 15.0 Å². The number of carbonyl (C=O) groups is 1. The molecule has 0 saturated carbocycles. The molecular weight excluding hydrogens is 312 g/mol. The first kappa shape index (κ1) is 18.8. The first-order valence-electron chi connectivity index (χ1n) is 9.01. The van der Waals surface area contributed by atoms with Crippen molar-refractivity contribution in [1.29, 1.82) is 0 Å². The van der Waals surface area contributed by atoms with Crippen molar-refractivity contribution in [2.75, 3.05) is 18.0 Å². The Bertz CT molecular complexity index is 637. The van der Waals surface area contributed by atoms with Crippen LogP contribution in [0, 0.1) is 0 Å². The second kappa shape index (κ2) is 9.72. The molecule has 1 amide bonds. The Morgan fingerprint density at radius 3 is 2.20 bits per heavy atom. The zero-order chi connectivity index (χ0) is 18.1. The van der Waals surface area contributed by atoms with E-state index in [0.717, 1.165) is 18.7 Å². The van der Waals surface area contributed by atoms with E-state index < -0.39 is 6.10 Å². The van der Waals surface area contributed by atoms with E-state index in [0.29, 0.717) is 18.7 Å². The highest BCUT2D eigenvalue weighted by molar-refractivity contribution is 5.81. The highest BCUT2D eigenvalue weighted by atomic mass is 16.5. The molecule has 4 heteroatoms. The molecule has 0 spiro atoms. The van der Waals surface area contributed by atoms with E-state index in [4.69, 9.17) is 4.74 Å². The van der Waals surface area contributed by atoms with Gasteiger partial charge in [0.1, 0.15) is 5.75 Å². The zero-order valence-corrected chi connectivity index (χ0v) is 15.4. The van der Waals surface area contributed by atoms with E-state index in [2.05, 4.69) is 48.3 Å². The fraction of sp³-hybridized carbons (Fsp3) is 0.381. The van der Waals surface area contributed by atoms with E-state index in [9.17, 15) is 4.79 Å². The van der Waals surface area contributed by atoms with Gasteiger partial charge in [0.2, 0.25) is 0 Å². The van der Waals surface area contributed by atoms with E-state index in [1.165, 1.54) is 5.69 Å². The van der Waals surface area contributed by atoms with Crippen LogP contribution in [0.15, 0.2) is 54.6 Å². The molecule has 0 bridgehead atoms. The average molecular weight is 340 g/mol. The molecule has 2 aromatic rings. The van der Waals surface area contributed by atoms with Crippen molar-refractivity contribution in [3.63, 3.8) is 0 Å². The molecule has 2 aromatic carbocycles. The maximum Gasteiger partial charge on any atom is 0.261 e. The molecule has 1 N–H and O–H groups in total. The van der Waals surface area contributed by atoms with Crippen molar-refractivity contribution in [1.82, 2.24) is 5.32 Å². The van der Waals surface area contributed by atoms with E-state index in [1.807, 2.05) is 37.3 Å². The second-order valence-electron chi connectivity index (χ2n) is 5.88. The summed E-state index contributed by atoms with van der Waals surface area (Å²) in [6.07, 6.45) is 0.152. The van der Waals surface area contributed by atoms with E-state index in [-0.39, 0.29) is 5.91 Å². The van der Waals surface area contributed by atoms with Crippen LogP contribution in [0.2, 0.25) is 0 Å². The van der Waals surface area contributed by atoms with Crippen molar-refractivity contribution in [2.24, 2.45) is 0 Å². The van der Waals surface area contributed by atoms with Gasteiger partial charge in [0, 0.05) is 25.3 Å². The maximum atomic E-state index is 12.4. The molecule has 0 aliphatic rings. The van der Waals surface area contributed by atoms with Crippen molar-refractivity contribution in [2.45, 2.75) is 39.8 Å². The fourth-order valence-corrected chi connectivity index (χ4v) is 2.70. The standard InChI is InChI=1S/C21H28N2O2/c1-4-20(25-19-10-8-7-9-11-19)21(24)22-16-17-12-14-18(15-13-17)23(5-2)6-3/h7-15,20H,4-6,16H2,1-3H3,(H,22,24)/t20-/m1/s1. The summed E-state index contributed by atoms with van der Waals surface area (Å²) in [6.45, 7) is 8.73. The Kier molecular flexibility index (Phi) is 7.33. The number of amides is 1. The molecule has 0 aliphatic heterocycles. The molecule has 134 valence electrons. The maximum absolute atomic E-state index is 12.4. The summed E-state index contributed by atoms with van der Waals surface area (Å²) < 4.78 is 5.77. The van der Waals surface area contributed by atoms with Gasteiger partial charge in [-0.25, -0.2) is 0 Å². The summed E-state index contributed by atoms with van der Waals surface area (Å²) in [4.78, 5) is 14.7. The van der Waals surface area contributed by atoms with Crippen LogP contribution >= 0.6 is 0 Å². The molecule has 0 heterocycles. The predicted octanol–water partition coefficient (Wildman–Crippen LogP) is 4.01. The van der Waals surface area contributed by atoms with Gasteiger partial charge in [-0.3, -0.25) is 4.79 Å². The lowest BCUT2D eigenvalue weighted by molar-refractivity contribution is -0.128. The van der Waals surface area contributed by atoms with Crippen LogP contribution in [-0.4, -0.2) is 25.1 Å². The number of para-hydroxylation sites is 1. The Labute approximate surface area is 150 Å². The minimum atomic E-state index is -0.475. The van der Waals surface area contributed by atoms with Gasteiger partial charge in [-0.2, -0.15) is 0 Å². The van der Waals surface area contributed by atoms with Gasteiger partial charge in [-0.1, -0.05) is 37.3 Å². The molecular formula is C21H28N2O2. The van der Waals surface area contributed by atoms with Crippen LogP contribution in [-0.2, 0) is 11.3 Å². The number of rotatable bonds is 9. The summed E-state index contributed by atoms with van der Waals surface area (Å²) in [5.74, 6) is 0.632. The summed E-state index contributed by atoms with van der Waals surface area (Å²) >= 11 is 0. The lowest BCUT2D eigenvalue weighted by Crippen LogP contribution is -2.37. The Morgan fingerprint density at radius 2 is 1.64 bits per heavy atom. The molecule has 0 radical (unpaired) electrons. The topological polar surface area (TPSA) is 41.6 Å². The lowest BCUT2D eigenvalue weighted by atomic mass is 10.2.